The van der Waals surface area contributed by atoms with Gasteiger partial charge in [-0.1, -0.05) is 36.4 Å². The van der Waals surface area contributed by atoms with Crippen molar-refractivity contribution in [1.82, 2.24) is 20.2 Å². The maximum absolute atomic E-state index is 13.1. The van der Waals surface area contributed by atoms with Crippen LogP contribution in [0.1, 0.15) is 18.0 Å². The Kier molecular flexibility index (Phi) is 5.33. The first-order valence-electron chi connectivity index (χ1n) is 10.8. The van der Waals surface area contributed by atoms with Crippen molar-refractivity contribution in [3.63, 3.8) is 0 Å². The minimum absolute atomic E-state index is 0.176. The normalized spacial score (nSPS) is 17.7. The number of aromatic amines is 1. The lowest BCUT2D eigenvalue weighted by Crippen LogP contribution is -2.29. The van der Waals surface area contributed by atoms with E-state index < -0.39 is 0 Å². The van der Waals surface area contributed by atoms with Crippen LogP contribution in [-0.2, 0) is 0 Å². The van der Waals surface area contributed by atoms with Crippen molar-refractivity contribution >= 4 is 39.4 Å². The van der Waals surface area contributed by atoms with E-state index in [0.29, 0.717) is 12.4 Å². The highest BCUT2D eigenvalue weighted by Crippen LogP contribution is 2.34. The summed E-state index contributed by atoms with van der Waals surface area (Å²) in [6.07, 6.45) is 2.59. The van der Waals surface area contributed by atoms with Crippen molar-refractivity contribution in [2.75, 3.05) is 32.1 Å². The van der Waals surface area contributed by atoms with E-state index in [1.807, 2.05) is 30.3 Å². The van der Waals surface area contributed by atoms with Gasteiger partial charge in [0.25, 0.3) is 0 Å². The molecule has 1 fully saturated rings. The third-order valence-corrected chi connectivity index (χ3v) is 5.79. The lowest BCUT2D eigenvalue weighted by Gasteiger charge is -2.24. The molecule has 32 heavy (non-hydrogen) atoms. The molecule has 1 saturated heterocycles. The van der Waals surface area contributed by atoms with Gasteiger partial charge in [-0.3, -0.25) is 15.2 Å². The summed E-state index contributed by atoms with van der Waals surface area (Å²) in [4.78, 5) is 29.3. The zero-order valence-electron chi connectivity index (χ0n) is 18.2. The molecule has 1 aliphatic heterocycles. The van der Waals surface area contributed by atoms with Gasteiger partial charge in [-0.15, -0.1) is 0 Å². The molecular formula is C25H26N6O. The summed E-state index contributed by atoms with van der Waals surface area (Å²) in [5, 5.41) is 5.33. The van der Waals surface area contributed by atoms with E-state index in [4.69, 9.17) is 4.99 Å². The van der Waals surface area contributed by atoms with Gasteiger partial charge in [0.1, 0.15) is 11.9 Å². The van der Waals surface area contributed by atoms with Crippen LogP contribution >= 0.6 is 0 Å². The number of amidine groups is 1. The first-order valence-corrected chi connectivity index (χ1v) is 10.8. The fraction of sp³-hybridized carbons (Fsp3) is 0.240. The van der Waals surface area contributed by atoms with Crippen LogP contribution in [0.4, 0.5) is 10.5 Å². The van der Waals surface area contributed by atoms with E-state index in [9.17, 15) is 4.79 Å². The van der Waals surface area contributed by atoms with Crippen molar-refractivity contribution in [2.45, 2.75) is 12.5 Å². The average molecular weight is 427 g/mol. The Morgan fingerprint density at radius 1 is 1.06 bits per heavy atom. The molecule has 0 saturated carbocycles. The van der Waals surface area contributed by atoms with Crippen molar-refractivity contribution in [2.24, 2.45) is 4.99 Å². The highest BCUT2D eigenvalue weighted by molar-refractivity contribution is 6.17. The summed E-state index contributed by atoms with van der Waals surface area (Å²) in [5.74, 6) is 0.686. The summed E-state index contributed by atoms with van der Waals surface area (Å²) < 4.78 is 0. The molecule has 7 nitrogen and oxygen atoms in total. The molecule has 162 valence electrons. The number of carbonyl (C=O) groups is 1. The topological polar surface area (TPSA) is 76.6 Å². The van der Waals surface area contributed by atoms with E-state index in [0.717, 1.165) is 40.6 Å². The third kappa shape index (κ3) is 3.83. The molecule has 1 unspecified atom stereocenters. The number of amides is 2. The minimum atomic E-state index is -0.317. The van der Waals surface area contributed by atoms with E-state index in [1.54, 1.807) is 11.2 Å². The maximum Gasteiger partial charge on any atom is 0.328 e. The molecule has 1 aliphatic rings. The van der Waals surface area contributed by atoms with Gasteiger partial charge in [-0.05, 0) is 67.7 Å². The molecule has 2 N–H and O–H groups in total. The number of aliphatic imine (C=N–C) groups is 1. The van der Waals surface area contributed by atoms with Crippen LogP contribution in [0.2, 0.25) is 0 Å². The second kappa shape index (κ2) is 8.43. The second-order valence-electron chi connectivity index (χ2n) is 8.34. The standard InChI is InChI=1S/C25H26N6O/c1-30(2)13-5-12-26-24-23(19-9-8-17-6-3-4-7-18(17)14-19)31(25(32)29-24)20-10-11-21-22(15-20)28-16-27-21/h3-4,6-11,14-16,23H,5,12-13H2,1-2H3,(H,27,28)(H,26,29,32). The number of anilines is 1. The van der Waals surface area contributed by atoms with Gasteiger partial charge in [0.15, 0.2) is 0 Å². The van der Waals surface area contributed by atoms with Crippen LogP contribution < -0.4 is 10.2 Å². The van der Waals surface area contributed by atoms with Crippen LogP contribution in [0, 0.1) is 0 Å². The molecule has 7 heteroatoms. The summed E-state index contributed by atoms with van der Waals surface area (Å²) in [7, 11) is 4.10. The minimum Gasteiger partial charge on any atom is -0.345 e. The Bertz CT molecular complexity index is 1310. The van der Waals surface area contributed by atoms with Crippen LogP contribution in [0.5, 0.6) is 0 Å². The van der Waals surface area contributed by atoms with Crippen LogP contribution in [-0.4, -0.2) is 53.9 Å². The van der Waals surface area contributed by atoms with Gasteiger partial charge in [-0.2, -0.15) is 0 Å². The van der Waals surface area contributed by atoms with Gasteiger partial charge in [0.05, 0.1) is 17.4 Å². The number of nitrogens with zero attached hydrogens (tertiary/aromatic N) is 4. The Morgan fingerprint density at radius 2 is 1.91 bits per heavy atom. The molecule has 3 aromatic carbocycles. The molecule has 4 aromatic rings. The number of imidazole rings is 1. The molecular weight excluding hydrogens is 400 g/mol. The van der Waals surface area contributed by atoms with Crippen molar-refractivity contribution in [1.29, 1.82) is 0 Å². The highest BCUT2D eigenvalue weighted by Gasteiger charge is 2.39. The Labute approximate surface area is 186 Å². The summed E-state index contributed by atoms with van der Waals surface area (Å²) in [6, 6.07) is 19.9. The van der Waals surface area contributed by atoms with Gasteiger partial charge in [-0.25, -0.2) is 9.78 Å². The number of benzene rings is 3. The molecule has 0 bridgehead atoms. The molecule has 2 heterocycles. The molecule has 0 spiro atoms. The fourth-order valence-electron chi connectivity index (χ4n) is 4.21. The number of urea groups is 1. The average Bonchev–Trinajstić information content (AvgIpc) is 3.39. The maximum atomic E-state index is 13.1. The SMILES string of the molecule is CN(C)CCC/N=C1/NC(=O)N(c2ccc3[nH]cnc3c2)C1c1ccc2ccccc2c1. The van der Waals surface area contributed by atoms with Gasteiger partial charge < -0.3 is 9.88 Å². The summed E-state index contributed by atoms with van der Waals surface area (Å²) in [5.41, 5.74) is 3.58. The zero-order valence-corrected chi connectivity index (χ0v) is 18.2. The Balaban J connectivity index is 1.56. The molecule has 5 rings (SSSR count). The smallest absolute Gasteiger partial charge is 0.328 e. The van der Waals surface area contributed by atoms with Gasteiger partial charge in [0.2, 0.25) is 0 Å². The van der Waals surface area contributed by atoms with E-state index >= 15 is 0 Å². The molecule has 0 radical (unpaired) electrons. The Hall–Kier alpha value is -3.71. The third-order valence-electron chi connectivity index (χ3n) is 5.79. The largest absolute Gasteiger partial charge is 0.345 e. The second-order valence-corrected chi connectivity index (χ2v) is 8.34. The van der Waals surface area contributed by atoms with Gasteiger partial charge in [0, 0.05) is 12.2 Å². The summed E-state index contributed by atoms with van der Waals surface area (Å²) in [6.45, 7) is 1.61. The number of fused-ring (bicyclic) bond motifs is 2. The lowest BCUT2D eigenvalue weighted by atomic mass is 10.0. The van der Waals surface area contributed by atoms with Crippen LogP contribution in [0.15, 0.2) is 72.0 Å². The number of carbonyl (C=O) groups excluding carboxylic acids is 1. The predicted molar refractivity (Wildman–Crippen MR) is 129 cm³/mol. The molecule has 1 aromatic heterocycles. The number of rotatable bonds is 6. The van der Waals surface area contributed by atoms with E-state index in [1.165, 1.54) is 5.39 Å². The van der Waals surface area contributed by atoms with Crippen molar-refractivity contribution in [3.8, 4) is 0 Å². The van der Waals surface area contributed by atoms with Gasteiger partial charge >= 0.3 is 6.03 Å². The molecule has 2 amide bonds. The Morgan fingerprint density at radius 3 is 2.75 bits per heavy atom. The number of hydrogen-bond acceptors (Lipinski definition) is 4. The number of H-pyrrole nitrogens is 1. The fourth-order valence-corrected chi connectivity index (χ4v) is 4.21. The first-order chi connectivity index (χ1) is 15.6. The highest BCUT2D eigenvalue weighted by atomic mass is 16.2. The molecule has 0 aliphatic carbocycles. The van der Waals surface area contributed by atoms with Crippen LogP contribution in [0.3, 0.4) is 0 Å². The monoisotopic (exact) mass is 426 g/mol. The van der Waals surface area contributed by atoms with E-state index in [-0.39, 0.29) is 12.1 Å². The quantitative estimate of drug-likeness (QED) is 0.451. The first kappa shape index (κ1) is 20.2. The molecule has 1 atom stereocenters. The van der Waals surface area contributed by atoms with Crippen molar-refractivity contribution in [3.05, 3.63) is 72.6 Å². The van der Waals surface area contributed by atoms with E-state index in [2.05, 4.69) is 64.6 Å². The zero-order chi connectivity index (χ0) is 22.1. The predicted octanol–water partition coefficient (Wildman–Crippen LogP) is 4.34. The number of aromatic nitrogens is 2. The summed E-state index contributed by atoms with van der Waals surface area (Å²) >= 11 is 0. The van der Waals surface area contributed by atoms with Crippen molar-refractivity contribution < 1.29 is 4.79 Å². The number of nitrogens with one attached hydrogen (secondary N) is 2. The van der Waals surface area contributed by atoms with Crippen LogP contribution in [0.25, 0.3) is 21.8 Å². The number of hydrogen-bond donors (Lipinski definition) is 2. The lowest BCUT2D eigenvalue weighted by molar-refractivity contribution is 0.252.